The summed E-state index contributed by atoms with van der Waals surface area (Å²) in [5.41, 5.74) is 0. The van der Waals surface area contributed by atoms with E-state index in [9.17, 15) is 13.8 Å². The lowest BCUT2D eigenvalue weighted by atomic mass is 9.95. The van der Waals surface area contributed by atoms with Gasteiger partial charge in [0.15, 0.2) is 0 Å². The maximum atomic E-state index is 12.1. The number of hydrogen-bond donors (Lipinski definition) is 2. The van der Waals surface area contributed by atoms with Gasteiger partial charge in [0.05, 0.1) is 11.8 Å². The fraction of sp³-hybridized carbons (Fsp3) is 0.833. The third kappa shape index (κ3) is 3.10. The van der Waals surface area contributed by atoms with E-state index < -0.39 is 22.7 Å². The minimum absolute atomic E-state index is 0.0743. The molecule has 1 amide bonds. The van der Waals surface area contributed by atoms with Crippen LogP contribution in [-0.4, -0.2) is 38.7 Å². The third-order valence-corrected chi connectivity index (χ3v) is 5.29. The number of nitrogens with one attached hydrogen (secondary N) is 1. The molecule has 1 saturated heterocycles. The van der Waals surface area contributed by atoms with E-state index in [2.05, 4.69) is 5.32 Å². The lowest BCUT2D eigenvalue weighted by Crippen LogP contribution is -2.44. The number of carboxylic acids is 1. The molecule has 0 aromatic heterocycles. The van der Waals surface area contributed by atoms with Crippen LogP contribution in [0.25, 0.3) is 0 Å². The van der Waals surface area contributed by atoms with E-state index in [0.717, 1.165) is 19.3 Å². The Balaban J connectivity index is 1.87. The minimum atomic E-state index is -0.864. The summed E-state index contributed by atoms with van der Waals surface area (Å²) in [5, 5.41) is 12.0. The van der Waals surface area contributed by atoms with Gasteiger partial charge in [-0.3, -0.25) is 13.8 Å². The second-order valence-electron chi connectivity index (χ2n) is 5.11. The molecule has 1 aliphatic heterocycles. The van der Waals surface area contributed by atoms with Crippen LogP contribution >= 0.6 is 0 Å². The average Bonchev–Trinajstić information content (AvgIpc) is 2.81. The van der Waals surface area contributed by atoms with Gasteiger partial charge < -0.3 is 10.4 Å². The molecular weight excluding hydrogens is 254 g/mol. The maximum Gasteiger partial charge on any atom is 0.307 e. The van der Waals surface area contributed by atoms with Crippen LogP contribution in [0, 0.1) is 11.8 Å². The predicted molar refractivity (Wildman–Crippen MR) is 67.5 cm³/mol. The number of carbonyl (C=O) groups excluding carboxylic acids is 1. The van der Waals surface area contributed by atoms with Crippen LogP contribution in [0.1, 0.15) is 32.1 Å². The Kier molecular flexibility index (Phi) is 4.37. The van der Waals surface area contributed by atoms with Crippen molar-refractivity contribution in [3.8, 4) is 0 Å². The third-order valence-electron chi connectivity index (χ3n) is 3.90. The molecule has 2 rings (SSSR count). The normalized spacial score (nSPS) is 36.2. The Labute approximate surface area is 109 Å². The van der Waals surface area contributed by atoms with Gasteiger partial charge in [-0.25, -0.2) is 0 Å². The quantitative estimate of drug-likeness (QED) is 0.785. The zero-order valence-electron chi connectivity index (χ0n) is 10.3. The largest absolute Gasteiger partial charge is 0.481 e. The highest BCUT2D eigenvalue weighted by Crippen LogP contribution is 2.32. The van der Waals surface area contributed by atoms with Crippen molar-refractivity contribution >= 4 is 22.7 Å². The van der Waals surface area contributed by atoms with E-state index >= 15 is 0 Å². The van der Waals surface area contributed by atoms with Gasteiger partial charge in [-0.2, -0.15) is 0 Å². The fourth-order valence-electron chi connectivity index (χ4n) is 2.82. The smallest absolute Gasteiger partial charge is 0.307 e. The molecule has 18 heavy (non-hydrogen) atoms. The van der Waals surface area contributed by atoms with Crippen LogP contribution < -0.4 is 5.32 Å². The molecule has 0 aromatic rings. The van der Waals surface area contributed by atoms with Crippen molar-refractivity contribution in [1.82, 2.24) is 5.32 Å². The molecule has 2 aliphatic rings. The molecular formula is C12H19NO4S. The van der Waals surface area contributed by atoms with Crippen molar-refractivity contribution < 1.29 is 18.9 Å². The van der Waals surface area contributed by atoms with Crippen molar-refractivity contribution in [2.24, 2.45) is 11.8 Å². The number of rotatable bonds is 3. The van der Waals surface area contributed by atoms with Crippen molar-refractivity contribution in [3.63, 3.8) is 0 Å². The average molecular weight is 273 g/mol. The number of aliphatic carboxylic acids is 1. The highest BCUT2D eigenvalue weighted by molar-refractivity contribution is 7.85. The summed E-state index contributed by atoms with van der Waals surface area (Å²) < 4.78 is 11.2. The minimum Gasteiger partial charge on any atom is -0.481 e. The topological polar surface area (TPSA) is 83.5 Å². The standard InChI is InChI=1S/C12H19NO4S/c14-11(9-2-1-3-10(9)12(15)16)13-8-4-6-18(17)7-5-8/h8-10H,1-7H2,(H,13,14)(H,15,16). The highest BCUT2D eigenvalue weighted by Gasteiger charge is 2.38. The number of amides is 1. The number of carbonyl (C=O) groups is 2. The number of hydrogen-bond acceptors (Lipinski definition) is 3. The van der Waals surface area contributed by atoms with E-state index in [0.29, 0.717) is 24.3 Å². The Morgan fingerprint density at radius 2 is 1.67 bits per heavy atom. The Morgan fingerprint density at radius 3 is 2.28 bits per heavy atom. The molecule has 5 nitrogen and oxygen atoms in total. The second-order valence-corrected chi connectivity index (χ2v) is 6.81. The summed E-state index contributed by atoms with van der Waals surface area (Å²) in [4.78, 5) is 23.1. The SMILES string of the molecule is O=C(O)C1CCCC1C(=O)NC1CCS(=O)CC1. The molecule has 2 unspecified atom stereocenters. The van der Waals surface area contributed by atoms with Crippen molar-refractivity contribution in [1.29, 1.82) is 0 Å². The summed E-state index contributed by atoms with van der Waals surface area (Å²) in [6.45, 7) is 0. The highest BCUT2D eigenvalue weighted by atomic mass is 32.2. The zero-order chi connectivity index (χ0) is 13.1. The van der Waals surface area contributed by atoms with Gasteiger partial charge >= 0.3 is 5.97 Å². The van der Waals surface area contributed by atoms with Gasteiger partial charge in [-0.1, -0.05) is 6.42 Å². The molecule has 102 valence electrons. The molecule has 2 fully saturated rings. The van der Waals surface area contributed by atoms with Crippen LogP contribution in [0.2, 0.25) is 0 Å². The van der Waals surface area contributed by atoms with Crippen LogP contribution in [0.4, 0.5) is 0 Å². The van der Waals surface area contributed by atoms with Gasteiger partial charge in [0.1, 0.15) is 0 Å². The first-order valence-corrected chi connectivity index (χ1v) is 7.95. The lowest BCUT2D eigenvalue weighted by molar-refractivity contribution is -0.146. The fourth-order valence-corrected chi connectivity index (χ4v) is 4.11. The summed E-state index contributed by atoms with van der Waals surface area (Å²) >= 11 is 0. The molecule has 1 saturated carbocycles. The molecule has 0 radical (unpaired) electrons. The van der Waals surface area contributed by atoms with E-state index in [1.807, 2.05) is 0 Å². The summed E-state index contributed by atoms with van der Waals surface area (Å²) in [6, 6.07) is 0.0743. The predicted octanol–water partition coefficient (Wildman–Crippen LogP) is 0.515. The summed E-state index contributed by atoms with van der Waals surface area (Å²) in [5.74, 6) is -0.622. The second kappa shape index (κ2) is 5.82. The molecule has 1 heterocycles. The summed E-state index contributed by atoms with van der Waals surface area (Å²) in [6.07, 6.45) is 3.55. The van der Waals surface area contributed by atoms with E-state index in [1.165, 1.54) is 0 Å². The van der Waals surface area contributed by atoms with E-state index in [4.69, 9.17) is 5.11 Å². The monoisotopic (exact) mass is 273 g/mol. The van der Waals surface area contributed by atoms with E-state index in [1.54, 1.807) is 0 Å². The van der Waals surface area contributed by atoms with Gasteiger partial charge in [0.2, 0.25) is 5.91 Å². The van der Waals surface area contributed by atoms with Gasteiger partial charge in [-0.05, 0) is 25.7 Å². The molecule has 6 heteroatoms. The molecule has 0 aromatic carbocycles. The Hall–Kier alpha value is -0.910. The maximum absolute atomic E-state index is 12.1. The molecule has 2 atom stereocenters. The summed E-state index contributed by atoms with van der Waals surface area (Å²) in [7, 11) is -0.737. The van der Waals surface area contributed by atoms with Crippen molar-refractivity contribution in [2.75, 3.05) is 11.5 Å². The Bertz CT molecular complexity index is 361. The van der Waals surface area contributed by atoms with Crippen molar-refractivity contribution in [3.05, 3.63) is 0 Å². The van der Waals surface area contributed by atoms with Gasteiger partial charge in [-0.15, -0.1) is 0 Å². The van der Waals surface area contributed by atoms with E-state index in [-0.39, 0.29) is 17.9 Å². The first-order valence-electron chi connectivity index (χ1n) is 6.46. The zero-order valence-corrected chi connectivity index (χ0v) is 11.1. The number of carboxylic acid groups (broad SMARTS) is 1. The first kappa shape index (κ1) is 13.5. The molecule has 1 aliphatic carbocycles. The van der Waals surface area contributed by atoms with Crippen LogP contribution in [0.5, 0.6) is 0 Å². The van der Waals surface area contributed by atoms with Crippen LogP contribution in [-0.2, 0) is 20.4 Å². The Morgan fingerprint density at radius 1 is 1.06 bits per heavy atom. The first-order chi connectivity index (χ1) is 8.58. The van der Waals surface area contributed by atoms with Crippen LogP contribution in [0.15, 0.2) is 0 Å². The molecule has 0 bridgehead atoms. The van der Waals surface area contributed by atoms with Gasteiger partial charge in [0, 0.05) is 28.3 Å². The van der Waals surface area contributed by atoms with Crippen LogP contribution in [0.3, 0.4) is 0 Å². The van der Waals surface area contributed by atoms with Gasteiger partial charge in [0.25, 0.3) is 0 Å². The molecule has 0 spiro atoms. The lowest BCUT2D eigenvalue weighted by Gasteiger charge is -2.25. The molecule has 2 N–H and O–H groups in total. The van der Waals surface area contributed by atoms with Crippen molar-refractivity contribution in [2.45, 2.75) is 38.1 Å².